The molecule has 0 bridgehead atoms. The van der Waals surface area contributed by atoms with Crippen LogP contribution >= 0.6 is 23.2 Å². The van der Waals surface area contributed by atoms with Gasteiger partial charge in [-0.25, -0.2) is 0 Å². The summed E-state index contributed by atoms with van der Waals surface area (Å²) in [4.78, 5) is 11.5. The smallest absolute Gasteiger partial charge is 0.310 e. The predicted octanol–water partition coefficient (Wildman–Crippen LogP) is 5.45. The molecule has 5 heteroatoms. The van der Waals surface area contributed by atoms with Crippen molar-refractivity contribution in [2.45, 2.75) is 33.3 Å². The summed E-state index contributed by atoms with van der Waals surface area (Å²) < 4.78 is 11.0. The van der Waals surface area contributed by atoms with Crippen molar-refractivity contribution in [2.24, 2.45) is 0 Å². The van der Waals surface area contributed by atoms with E-state index in [4.69, 9.17) is 32.7 Å². The summed E-state index contributed by atoms with van der Waals surface area (Å²) in [5.74, 6) is 0.740. The topological polar surface area (TPSA) is 35.5 Å². The predicted molar refractivity (Wildman–Crippen MR) is 92.5 cm³/mol. The van der Waals surface area contributed by atoms with E-state index in [0.29, 0.717) is 33.5 Å². The molecular formula is C18H18Cl2O3. The number of carbonyl (C=O) groups excluding carboxylic acids is 1. The minimum absolute atomic E-state index is 0.188. The van der Waals surface area contributed by atoms with Crippen LogP contribution in [0.4, 0.5) is 0 Å². The fraction of sp³-hybridized carbons (Fsp3) is 0.278. The van der Waals surface area contributed by atoms with Gasteiger partial charge in [-0.15, -0.1) is 0 Å². The molecule has 0 spiro atoms. The molecule has 0 aromatic heterocycles. The largest absolute Gasteiger partial charge is 0.489 e. The van der Waals surface area contributed by atoms with E-state index in [1.807, 2.05) is 19.1 Å². The highest BCUT2D eigenvalue weighted by Gasteiger charge is 2.12. The second kappa shape index (κ2) is 8.23. The Morgan fingerprint density at radius 3 is 2.52 bits per heavy atom. The lowest BCUT2D eigenvalue weighted by Crippen LogP contribution is -2.09. The van der Waals surface area contributed by atoms with Gasteiger partial charge >= 0.3 is 5.97 Å². The zero-order valence-electron chi connectivity index (χ0n) is 13.1. The molecule has 0 fully saturated rings. The summed E-state index contributed by atoms with van der Waals surface area (Å²) in [5, 5.41) is 1.16. The summed E-state index contributed by atoms with van der Waals surface area (Å²) in [5.41, 5.74) is 1.70. The highest BCUT2D eigenvalue weighted by Crippen LogP contribution is 2.29. The van der Waals surface area contributed by atoms with Crippen LogP contribution in [0.15, 0.2) is 36.4 Å². The van der Waals surface area contributed by atoms with Gasteiger partial charge in [0.25, 0.3) is 0 Å². The highest BCUT2D eigenvalue weighted by atomic mass is 35.5. The number of esters is 1. The second-order valence-electron chi connectivity index (χ2n) is 4.94. The average molecular weight is 353 g/mol. The average Bonchev–Trinajstić information content (AvgIpc) is 2.54. The summed E-state index contributed by atoms with van der Waals surface area (Å²) >= 11 is 12.4. The van der Waals surface area contributed by atoms with Gasteiger partial charge in [0, 0.05) is 11.4 Å². The van der Waals surface area contributed by atoms with Crippen molar-refractivity contribution in [3.63, 3.8) is 0 Å². The van der Waals surface area contributed by atoms with E-state index in [0.717, 1.165) is 12.0 Å². The summed E-state index contributed by atoms with van der Waals surface area (Å²) in [6, 6.07) is 10.7. The number of carbonyl (C=O) groups is 1. The first kappa shape index (κ1) is 17.6. The Kier molecular flexibility index (Phi) is 6.31. The molecule has 0 unspecified atom stereocenters. The van der Waals surface area contributed by atoms with Gasteiger partial charge in [-0.3, -0.25) is 4.79 Å². The van der Waals surface area contributed by atoms with E-state index in [2.05, 4.69) is 0 Å². The standard InChI is InChI=1S/C18H18Cl2O3/c1-3-12-8-9-13(10-16(12)20)22-11-14-15(19)6-5-7-17(14)23-18(21)4-2/h5-10H,3-4,11H2,1-2H3. The van der Waals surface area contributed by atoms with Crippen molar-refractivity contribution in [3.8, 4) is 11.5 Å². The van der Waals surface area contributed by atoms with Crippen molar-refractivity contribution in [3.05, 3.63) is 57.6 Å². The lowest BCUT2D eigenvalue weighted by Gasteiger charge is -2.13. The molecule has 0 aliphatic rings. The van der Waals surface area contributed by atoms with Crippen LogP contribution in [0.25, 0.3) is 0 Å². The van der Waals surface area contributed by atoms with Gasteiger partial charge < -0.3 is 9.47 Å². The SMILES string of the molecule is CCC(=O)Oc1cccc(Cl)c1COc1ccc(CC)c(Cl)c1. The van der Waals surface area contributed by atoms with E-state index in [1.165, 1.54) is 0 Å². The fourth-order valence-electron chi connectivity index (χ4n) is 2.03. The molecule has 0 aliphatic heterocycles. The monoisotopic (exact) mass is 352 g/mol. The maximum Gasteiger partial charge on any atom is 0.310 e. The summed E-state index contributed by atoms with van der Waals surface area (Å²) in [6.45, 7) is 3.97. The van der Waals surface area contributed by atoms with Crippen LogP contribution in [0.2, 0.25) is 10.0 Å². The first-order chi connectivity index (χ1) is 11.0. The Balaban J connectivity index is 2.16. The third-order valence-electron chi connectivity index (χ3n) is 3.38. The first-order valence-electron chi connectivity index (χ1n) is 7.44. The van der Waals surface area contributed by atoms with Crippen LogP contribution in [0, 0.1) is 0 Å². The molecule has 2 aromatic carbocycles. The molecule has 0 heterocycles. The van der Waals surface area contributed by atoms with E-state index in [9.17, 15) is 4.79 Å². The first-order valence-corrected chi connectivity index (χ1v) is 8.20. The van der Waals surface area contributed by atoms with Crippen molar-refractivity contribution in [1.82, 2.24) is 0 Å². The van der Waals surface area contributed by atoms with Crippen LogP contribution in [-0.4, -0.2) is 5.97 Å². The molecule has 122 valence electrons. The normalized spacial score (nSPS) is 10.4. The minimum atomic E-state index is -0.316. The molecule has 0 radical (unpaired) electrons. The van der Waals surface area contributed by atoms with E-state index in [1.54, 1.807) is 31.2 Å². The van der Waals surface area contributed by atoms with Crippen LogP contribution in [-0.2, 0) is 17.8 Å². The van der Waals surface area contributed by atoms with Gasteiger partial charge in [0.1, 0.15) is 18.1 Å². The number of rotatable bonds is 6. The minimum Gasteiger partial charge on any atom is -0.489 e. The molecule has 0 aliphatic carbocycles. The van der Waals surface area contributed by atoms with Crippen molar-refractivity contribution in [2.75, 3.05) is 0 Å². The molecule has 2 aromatic rings. The van der Waals surface area contributed by atoms with Gasteiger partial charge in [0.15, 0.2) is 0 Å². The lowest BCUT2D eigenvalue weighted by molar-refractivity contribution is -0.134. The summed E-state index contributed by atoms with van der Waals surface area (Å²) in [6.07, 6.45) is 1.15. The van der Waals surface area contributed by atoms with Gasteiger partial charge in [0.2, 0.25) is 0 Å². The maximum absolute atomic E-state index is 11.5. The van der Waals surface area contributed by atoms with Gasteiger partial charge in [0.05, 0.1) is 10.6 Å². The van der Waals surface area contributed by atoms with Crippen LogP contribution in [0.3, 0.4) is 0 Å². The third kappa shape index (κ3) is 4.63. The number of benzene rings is 2. The number of hydrogen-bond donors (Lipinski definition) is 0. The Morgan fingerprint density at radius 1 is 1.09 bits per heavy atom. The third-order valence-corrected chi connectivity index (χ3v) is 4.08. The summed E-state index contributed by atoms with van der Waals surface area (Å²) in [7, 11) is 0. The lowest BCUT2D eigenvalue weighted by atomic mass is 10.1. The Bertz CT molecular complexity index is 699. The Labute approximate surface area is 146 Å². The molecule has 3 nitrogen and oxygen atoms in total. The van der Waals surface area contributed by atoms with Crippen LogP contribution < -0.4 is 9.47 Å². The zero-order valence-corrected chi connectivity index (χ0v) is 14.6. The fourth-order valence-corrected chi connectivity index (χ4v) is 2.55. The quantitative estimate of drug-likeness (QED) is 0.512. The highest BCUT2D eigenvalue weighted by molar-refractivity contribution is 6.31. The van der Waals surface area contributed by atoms with Crippen molar-refractivity contribution in [1.29, 1.82) is 0 Å². The Hall–Kier alpha value is -1.71. The number of ether oxygens (including phenoxy) is 2. The van der Waals surface area contributed by atoms with Crippen molar-refractivity contribution < 1.29 is 14.3 Å². The number of halogens is 2. The van der Waals surface area contributed by atoms with Gasteiger partial charge in [-0.1, -0.05) is 49.2 Å². The zero-order chi connectivity index (χ0) is 16.8. The number of aryl methyl sites for hydroxylation is 1. The molecule has 0 saturated carbocycles. The molecule has 0 N–H and O–H groups in total. The van der Waals surface area contributed by atoms with Gasteiger partial charge in [-0.05, 0) is 36.2 Å². The molecule has 0 atom stereocenters. The molecular weight excluding hydrogens is 335 g/mol. The van der Waals surface area contributed by atoms with Crippen LogP contribution in [0.5, 0.6) is 11.5 Å². The van der Waals surface area contributed by atoms with Gasteiger partial charge in [-0.2, -0.15) is 0 Å². The van der Waals surface area contributed by atoms with E-state index >= 15 is 0 Å². The molecule has 0 amide bonds. The van der Waals surface area contributed by atoms with Crippen LogP contribution in [0.1, 0.15) is 31.4 Å². The van der Waals surface area contributed by atoms with E-state index in [-0.39, 0.29) is 12.6 Å². The molecule has 2 rings (SSSR count). The maximum atomic E-state index is 11.5. The van der Waals surface area contributed by atoms with E-state index < -0.39 is 0 Å². The molecule has 0 saturated heterocycles. The number of hydrogen-bond acceptors (Lipinski definition) is 3. The Morgan fingerprint density at radius 2 is 1.87 bits per heavy atom. The second-order valence-corrected chi connectivity index (χ2v) is 5.75. The molecule has 23 heavy (non-hydrogen) atoms. The van der Waals surface area contributed by atoms with Crippen molar-refractivity contribution >= 4 is 29.2 Å².